The normalized spacial score (nSPS) is 15.2. The second kappa shape index (κ2) is 11.1. The van der Waals surface area contributed by atoms with Crippen molar-refractivity contribution in [3.63, 3.8) is 0 Å². The summed E-state index contributed by atoms with van der Waals surface area (Å²) in [7, 11) is 1.61. The number of nitrogens with zero attached hydrogens (tertiary/aromatic N) is 2. The van der Waals surface area contributed by atoms with Crippen molar-refractivity contribution >= 4 is 34.5 Å². The van der Waals surface area contributed by atoms with E-state index in [1.165, 1.54) is 16.2 Å². The van der Waals surface area contributed by atoms with Gasteiger partial charge in [0, 0.05) is 18.0 Å². The lowest BCUT2D eigenvalue weighted by Crippen LogP contribution is -2.48. The van der Waals surface area contributed by atoms with E-state index in [1.807, 2.05) is 46.7 Å². The second-order valence-electron chi connectivity index (χ2n) is 8.67. The smallest absolute Gasteiger partial charge is 0.264 e. The Kier molecular flexibility index (Phi) is 7.90. The average Bonchev–Trinajstić information content (AvgIpc) is 3.53. The van der Waals surface area contributed by atoms with Gasteiger partial charge >= 0.3 is 0 Å². The third-order valence-electron chi connectivity index (χ3n) is 5.81. The summed E-state index contributed by atoms with van der Waals surface area (Å²) >= 11 is 3.12. The van der Waals surface area contributed by atoms with Crippen molar-refractivity contribution in [1.82, 2.24) is 9.80 Å². The van der Waals surface area contributed by atoms with Gasteiger partial charge in [-0.15, -0.1) is 22.7 Å². The third kappa shape index (κ3) is 5.45. The first kappa shape index (κ1) is 24.3. The molecule has 0 unspecified atom stereocenters. The quantitative estimate of drug-likeness (QED) is 0.411. The first-order valence-corrected chi connectivity index (χ1v) is 13.2. The van der Waals surface area contributed by atoms with Crippen LogP contribution in [-0.4, -0.2) is 55.0 Å². The van der Waals surface area contributed by atoms with E-state index in [9.17, 15) is 9.59 Å². The Morgan fingerprint density at radius 2 is 1.88 bits per heavy atom. The van der Waals surface area contributed by atoms with E-state index in [4.69, 9.17) is 9.47 Å². The maximum Gasteiger partial charge on any atom is 0.264 e. The Morgan fingerprint density at radius 1 is 1.09 bits per heavy atom. The van der Waals surface area contributed by atoms with E-state index in [0.29, 0.717) is 36.1 Å². The highest BCUT2D eigenvalue weighted by molar-refractivity contribution is 7.12. The monoisotopic (exact) mass is 498 g/mol. The zero-order chi connectivity index (χ0) is 24.1. The molecule has 0 spiro atoms. The summed E-state index contributed by atoms with van der Waals surface area (Å²) in [5.74, 6) is 1.41. The molecule has 0 bridgehead atoms. The summed E-state index contributed by atoms with van der Waals surface area (Å²) in [6.07, 6.45) is 0.812. The molecule has 0 fully saturated rings. The van der Waals surface area contributed by atoms with Crippen molar-refractivity contribution in [2.75, 3.05) is 33.4 Å². The van der Waals surface area contributed by atoms with Crippen LogP contribution in [0.1, 0.15) is 40.0 Å². The molecule has 3 aromatic rings. The van der Waals surface area contributed by atoms with Crippen LogP contribution in [-0.2, 0) is 11.2 Å². The summed E-state index contributed by atoms with van der Waals surface area (Å²) in [5, 5.41) is 3.96. The summed E-state index contributed by atoms with van der Waals surface area (Å²) in [5.41, 5.74) is 1.12. The molecule has 4 rings (SSSR count). The van der Waals surface area contributed by atoms with Crippen molar-refractivity contribution in [3.8, 4) is 11.5 Å². The van der Waals surface area contributed by atoms with Gasteiger partial charge in [0.1, 0.15) is 13.2 Å². The molecule has 3 heterocycles. The second-order valence-corrected chi connectivity index (χ2v) is 10.6. The number of carbonyl (C=O) groups excluding carboxylic acids is 2. The van der Waals surface area contributed by atoms with Gasteiger partial charge in [-0.1, -0.05) is 32.0 Å². The summed E-state index contributed by atoms with van der Waals surface area (Å²) in [6, 6.07) is 13.1. The first-order valence-electron chi connectivity index (χ1n) is 11.4. The van der Waals surface area contributed by atoms with Crippen LogP contribution in [0.15, 0.2) is 53.2 Å². The Labute approximate surface area is 208 Å². The molecule has 0 N–H and O–H groups in total. The Balaban J connectivity index is 1.54. The number of ether oxygens (including phenoxy) is 2. The van der Waals surface area contributed by atoms with Gasteiger partial charge in [-0.05, 0) is 52.9 Å². The number of thiophene rings is 2. The molecule has 1 aliphatic heterocycles. The fourth-order valence-electron chi connectivity index (χ4n) is 4.25. The molecule has 1 aromatic carbocycles. The largest absolute Gasteiger partial charge is 0.493 e. The van der Waals surface area contributed by atoms with E-state index in [1.54, 1.807) is 23.3 Å². The molecular weight excluding hydrogens is 468 g/mol. The molecule has 1 aliphatic rings. The minimum atomic E-state index is -0.217. The minimum Gasteiger partial charge on any atom is -0.493 e. The molecule has 0 aliphatic carbocycles. The highest BCUT2D eigenvalue weighted by Crippen LogP contribution is 2.35. The fraction of sp³-hybridized carbons (Fsp3) is 0.385. The van der Waals surface area contributed by atoms with Crippen LogP contribution in [0.3, 0.4) is 0 Å². The van der Waals surface area contributed by atoms with Crippen LogP contribution in [0.5, 0.6) is 11.5 Å². The Hall–Kier alpha value is -2.84. The molecule has 8 heteroatoms. The molecule has 6 nitrogen and oxygen atoms in total. The van der Waals surface area contributed by atoms with Crippen molar-refractivity contribution < 1.29 is 19.1 Å². The highest BCUT2D eigenvalue weighted by atomic mass is 32.1. The predicted octanol–water partition coefficient (Wildman–Crippen LogP) is 5.12. The number of carbonyl (C=O) groups is 2. The SMILES string of the molecule is COc1ccccc1OC[C@H]1c2ccsc2CCN1C(=O)CN(CC(C)C)C(=O)c1cccs1. The zero-order valence-corrected chi connectivity index (χ0v) is 21.4. The van der Waals surface area contributed by atoms with Crippen molar-refractivity contribution in [2.45, 2.75) is 26.3 Å². The standard InChI is InChI=1S/C26H30N2O4S2/c1-18(2)15-27(26(30)24-9-6-13-33-24)16-25(29)28-12-10-23-19(11-14-34-23)20(28)17-32-22-8-5-4-7-21(22)31-3/h4-9,11,13-14,18,20H,10,12,15-17H2,1-3H3/t20-/m0/s1. The fourth-order valence-corrected chi connectivity index (χ4v) is 5.87. The number of hydrogen-bond acceptors (Lipinski definition) is 6. The molecule has 34 heavy (non-hydrogen) atoms. The average molecular weight is 499 g/mol. The van der Waals surface area contributed by atoms with Crippen molar-refractivity contribution in [1.29, 1.82) is 0 Å². The summed E-state index contributed by atoms with van der Waals surface area (Å²) < 4.78 is 11.6. The predicted molar refractivity (Wildman–Crippen MR) is 136 cm³/mol. The molecule has 2 amide bonds. The number of para-hydroxylation sites is 2. The summed E-state index contributed by atoms with van der Waals surface area (Å²) in [6.45, 7) is 5.62. The minimum absolute atomic E-state index is 0.0551. The molecule has 1 atom stereocenters. The van der Waals surface area contributed by atoms with Crippen molar-refractivity contribution in [3.05, 3.63) is 68.5 Å². The van der Waals surface area contributed by atoms with Gasteiger partial charge in [0.25, 0.3) is 5.91 Å². The van der Waals surface area contributed by atoms with E-state index in [-0.39, 0.29) is 30.3 Å². The van der Waals surface area contributed by atoms with Gasteiger partial charge in [0.15, 0.2) is 11.5 Å². The number of hydrogen-bond donors (Lipinski definition) is 0. The Bertz CT molecular complexity index is 1110. The van der Waals surface area contributed by atoms with E-state index in [0.717, 1.165) is 12.0 Å². The maximum absolute atomic E-state index is 13.6. The van der Waals surface area contributed by atoms with Gasteiger partial charge in [-0.3, -0.25) is 9.59 Å². The number of amides is 2. The number of rotatable bonds is 9. The zero-order valence-electron chi connectivity index (χ0n) is 19.7. The molecule has 0 saturated heterocycles. The van der Waals surface area contributed by atoms with E-state index < -0.39 is 0 Å². The van der Waals surface area contributed by atoms with E-state index >= 15 is 0 Å². The first-order chi connectivity index (χ1) is 16.5. The summed E-state index contributed by atoms with van der Waals surface area (Å²) in [4.78, 5) is 32.2. The Morgan fingerprint density at radius 3 is 2.59 bits per heavy atom. The van der Waals surface area contributed by atoms with Gasteiger partial charge in [0.05, 0.1) is 18.0 Å². The van der Waals surface area contributed by atoms with Crippen LogP contribution in [0.2, 0.25) is 0 Å². The molecule has 0 radical (unpaired) electrons. The molecular formula is C26H30N2O4S2. The lowest BCUT2D eigenvalue weighted by atomic mass is 10.00. The van der Waals surface area contributed by atoms with Crippen LogP contribution in [0.25, 0.3) is 0 Å². The van der Waals surface area contributed by atoms with Gasteiger partial charge in [-0.2, -0.15) is 0 Å². The molecule has 0 saturated carbocycles. The third-order valence-corrected chi connectivity index (χ3v) is 7.67. The molecule has 2 aromatic heterocycles. The maximum atomic E-state index is 13.6. The molecule has 180 valence electrons. The number of fused-ring (bicyclic) bond motifs is 1. The number of benzene rings is 1. The van der Waals surface area contributed by atoms with Gasteiger partial charge < -0.3 is 19.3 Å². The van der Waals surface area contributed by atoms with Crippen LogP contribution < -0.4 is 9.47 Å². The lowest BCUT2D eigenvalue weighted by molar-refractivity contribution is -0.135. The lowest BCUT2D eigenvalue weighted by Gasteiger charge is -2.37. The van der Waals surface area contributed by atoms with Crippen molar-refractivity contribution in [2.24, 2.45) is 5.92 Å². The van der Waals surface area contributed by atoms with Gasteiger partial charge in [0.2, 0.25) is 5.91 Å². The van der Waals surface area contributed by atoms with Crippen LogP contribution in [0.4, 0.5) is 0 Å². The van der Waals surface area contributed by atoms with Crippen LogP contribution >= 0.6 is 22.7 Å². The topological polar surface area (TPSA) is 59.1 Å². The van der Waals surface area contributed by atoms with Crippen LogP contribution in [0, 0.1) is 5.92 Å². The van der Waals surface area contributed by atoms with Gasteiger partial charge in [-0.25, -0.2) is 0 Å². The highest BCUT2D eigenvalue weighted by Gasteiger charge is 2.34. The van der Waals surface area contributed by atoms with E-state index in [2.05, 4.69) is 25.3 Å². The number of methoxy groups -OCH3 is 1.